The van der Waals surface area contributed by atoms with Crippen LogP contribution in [-0.4, -0.2) is 20.3 Å². The first-order chi connectivity index (χ1) is 15.5. The molecule has 0 atom stereocenters. The second-order valence-electron chi connectivity index (χ2n) is 10.4. The van der Waals surface area contributed by atoms with Gasteiger partial charge >= 0.3 is 0 Å². The van der Waals surface area contributed by atoms with Gasteiger partial charge in [0.1, 0.15) is 17.2 Å². The lowest BCUT2D eigenvalue weighted by atomic mass is 9.57. The Bertz CT molecular complexity index is 822. The van der Waals surface area contributed by atoms with Crippen molar-refractivity contribution in [3.63, 3.8) is 0 Å². The van der Waals surface area contributed by atoms with Crippen LogP contribution < -0.4 is 9.47 Å². The molecule has 0 heterocycles. The van der Waals surface area contributed by atoms with Crippen molar-refractivity contribution in [3.8, 4) is 17.2 Å². The molecule has 0 saturated heterocycles. The normalized spacial score (nSPS) is 27.9. The first-order valence-corrected chi connectivity index (χ1v) is 12.5. The second-order valence-corrected chi connectivity index (χ2v) is 10.4. The number of ether oxygens (including phenoxy) is 3. The van der Waals surface area contributed by atoms with Gasteiger partial charge in [-0.1, -0.05) is 31.9 Å². The Labute approximate surface area is 194 Å². The van der Waals surface area contributed by atoms with E-state index >= 15 is 0 Å². The third-order valence-corrected chi connectivity index (χ3v) is 8.12. The first kappa shape index (κ1) is 23.2. The minimum absolute atomic E-state index is 0.280. The third kappa shape index (κ3) is 5.67. The van der Waals surface area contributed by atoms with Crippen LogP contribution in [0.15, 0.2) is 48.5 Å². The van der Waals surface area contributed by atoms with Gasteiger partial charge in [-0.15, -0.1) is 0 Å². The molecule has 0 aromatic heterocycles. The summed E-state index contributed by atoms with van der Waals surface area (Å²) < 4.78 is 17.3. The molecule has 2 aliphatic carbocycles. The fraction of sp³-hybridized carbons (Fsp3) is 0.586. The van der Waals surface area contributed by atoms with E-state index in [1.807, 2.05) is 24.3 Å². The fourth-order valence-electron chi connectivity index (χ4n) is 5.76. The molecule has 1 spiro atoms. The molecule has 0 N–H and O–H groups in total. The minimum Gasteiger partial charge on any atom is -0.497 e. The van der Waals surface area contributed by atoms with Crippen molar-refractivity contribution in [1.82, 2.24) is 0 Å². The highest BCUT2D eigenvalue weighted by atomic mass is 16.5. The van der Waals surface area contributed by atoms with E-state index in [0.717, 1.165) is 42.8 Å². The lowest BCUT2D eigenvalue weighted by molar-refractivity contribution is -0.0217. The highest BCUT2D eigenvalue weighted by molar-refractivity contribution is 5.36. The molecule has 2 fully saturated rings. The van der Waals surface area contributed by atoms with E-state index in [2.05, 4.69) is 38.1 Å². The van der Waals surface area contributed by atoms with Crippen LogP contribution in [0.5, 0.6) is 17.2 Å². The maximum absolute atomic E-state index is 6.03. The van der Waals surface area contributed by atoms with Crippen LogP contribution in [0.4, 0.5) is 0 Å². The van der Waals surface area contributed by atoms with Gasteiger partial charge in [-0.2, -0.15) is 0 Å². The predicted octanol–water partition coefficient (Wildman–Crippen LogP) is 7.82. The summed E-state index contributed by atoms with van der Waals surface area (Å²) in [6.45, 7) is 6.24. The summed E-state index contributed by atoms with van der Waals surface area (Å²) in [5, 5.41) is 0. The lowest BCUT2D eigenvalue weighted by Gasteiger charge is -2.49. The van der Waals surface area contributed by atoms with Crippen molar-refractivity contribution in [2.75, 3.05) is 20.3 Å². The number of hydrogen-bond donors (Lipinski definition) is 0. The zero-order chi connectivity index (χ0) is 22.4. The van der Waals surface area contributed by atoms with E-state index in [1.165, 1.54) is 56.9 Å². The first-order valence-electron chi connectivity index (χ1n) is 12.5. The zero-order valence-corrected chi connectivity index (χ0v) is 20.2. The van der Waals surface area contributed by atoms with E-state index < -0.39 is 0 Å². The number of benzene rings is 2. The smallest absolute Gasteiger partial charge is 0.127 e. The molecule has 0 bridgehead atoms. The zero-order valence-electron chi connectivity index (χ0n) is 20.2. The maximum atomic E-state index is 6.03. The highest BCUT2D eigenvalue weighted by Gasteiger charge is 2.43. The van der Waals surface area contributed by atoms with Crippen molar-refractivity contribution >= 4 is 0 Å². The molecule has 0 unspecified atom stereocenters. The summed E-state index contributed by atoms with van der Waals surface area (Å²) in [4.78, 5) is 0. The predicted molar refractivity (Wildman–Crippen MR) is 131 cm³/mol. The molecular weight excluding hydrogens is 396 g/mol. The Balaban J connectivity index is 1.39. The van der Waals surface area contributed by atoms with E-state index in [0.29, 0.717) is 5.41 Å². The number of rotatable bonds is 8. The van der Waals surface area contributed by atoms with Gasteiger partial charge in [0, 0.05) is 6.61 Å². The van der Waals surface area contributed by atoms with E-state index in [-0.39, 0.29) is 5.41 Å². The average Bonchev–Trinajstić information content (AvgIpc) is 2.83. The lowest BCUT2D eigenvalue weighted by Crippen LogP contribution is -2.40. The van der Waals surface area contributed by atoms with Gasteiger partial charge in [0.2, 0.25) is 0 Å². The largest absolute Gasteiger partial charge is 0.497 e. The van der Waals surface area contributed by atoms with Gasteiger partial charge in [-0.05, 0) is 111 Å². The standard InChI is InChI=1S/C29H40O3/c1-4-31-22-29(19-17-28(18-20-29)15-13-23(2)14-16-28)21-24-5-7-26(8-6-24)32-27-11-9-25(30-3)10-12-27/h5-12,23H,4,13-22H2,1-3H3. The maximum Gasteiger partial charge on any atom is 0.127 e. The van der Waals surface area contributed by atoms with Crippen LogP contribution in [-0.2, 0) is 11.2 Å². The molecule has 3 heteroatoms. The van der Waals surface area contributed by atoms with Crippen LogP contribution in [0.3, 0.4) is 0 Å². The average molecular weight is 437 g/mol. The molecule has 0 amide bonds. The molecule has 0 aliphatic heterocycles. The molecule has 2 aromatic carbocycles. The Morgan fingerprint density at radius 1 is 0.781 bits per heavy atom. The third-order valence-electron chi connectivity index (χ3n) is 8.12. The van der Waals surface area contributed by atoms with E-state index in [1.54, 1.807) is 7.11 Å². The van der Waals surface area contributed by atoms with E-state index in [4.69, 9.17) is 14.2 Å². The molecule has 0 radical (unpaired) electrons. The van der Waals surface area contributed by atoms with Crippen LogP contribution in [0.25, 0.3) is 0 Å². The molecule has 3 nitrogen and oxygen atoms in total. The summed E-state index contributed by atoms with van der Waals surface area (Å²) in [5.74, 6) is 3.46. The van der Waals surface area contributed by atoms with Crippen LogP contribution >= 0.6 is 0 Å². The molecule has 2 aromatic rings. The van der Waals surface area contributed by atoms with E-state index in [9.17, 15) is 0 Å². The molecule has 2 saturated carbocycles. The van der Waals surface area contributed by atoms with Gasteiger partial charge in [0.25, 0.3) is 0 Å². The van der Waals surface area contributed by atoms with Crippen LogP contribution in [0, 0.1) is 16.7 Å². The van der Waals surface area contributed by atoms with Gasteiger partial charge in [0.15, 0.2) is 0 Å². The van der Waals surface area contributed by atoms with Gasteiger partial charge in [-0.25, -0.2) is 0 Å². The summed E-state index contributed by atoms with van der Waals surface area (Å²) in [6.07, 6.45) is 12.2. The second kappa shape index (κ2) is 10.3. The Morgan fingerprint density at radius 2 is 1.34 bits per heavy atom. The Hall–Kier alpha value is -2.00. The molecular formula is C29H40O3. The molecule has 4 rings (SSSR count). The van der Waals surface area contributed by atoms with Gasteiger partial charge < -0.3 is 14.2 Å². The molecule has 2 aliphatic rings. The molecule has 32 heavy (non-hydrogen) atoms. The van der Waals surface area contributed by atoms with Crippen molar-refractivity contribution < 1.29 is 14.2 Å². The minimum atomic E-state index is 0.280. The summed E-state index contributed by atoms with van der Waals surface area (Å²) >= 11 is 0. The number of hydrogen-bond acceptors (Lipinski definition) is 3. The topological polar surface area (TPSA) is 27.7 Å². The van der Waals surface area contributed by atoms with Gasteiger partial charge in [-0.3, -0.25) is 0 Å². The van der Waals surface area contributed by atoms with Crippen molar-refractivity contribution in [2.45, 2.75) is 71.6 Å². The summed E-state index contributed by atoms with van der Waals surface area (Å²) in [7, 11) is 1.68. The summed E-state index contributed by atoms with van der Waals surface area (Å²) in [6, 6.07) is 16.4. The quantitative estimate of drug-likeness (QED) is 0.422. The Kier molecular flexibility index (Phi) is 7.45. The fourth-order valence-corrected chi connectivity index (χ4v) is 5.76. The monoisotopic (exact) mass is 436 g/mol. The van der Waals surface area contributed by atoms with Crippen LogP contribution in [0.2, 0.25) is 0 Å². The SMILES string of the molecule is CCOCC1(Cc2ccc(Oc3ccc(OC)cc3)cc2)CCC2(CCC(C)CC2)CC1. The highest BCUT2D eigenvalue weighted by Crippen LogP contribution is 2.54. The van der Waals surface area contributed by atoms with Gasteiger partial charge in [0.05, 0.1) is 13.7 Å². The van der Waals surface area contributed by atoms with Crippen LogP contribution in [0.1, 0.15) is 70.8 Å². The van der Waals surface area contributed by atoms with Crippen molar-refractivity contribution in [2.24, 2.45) is 16.7 Å². The molecule has 174 valence electrons. The van der Waals surface area contributed by atoms with Crippen molar-refractivity contribution in [1.29, 1.82) is 0 Å². The van der Waals surface area contributed by atoms with Crippen molar-refractivity contribution in [3.05, 3.63) is 54.1 Å². The summed E-state index contributed by atoms with van der Waals surface area (Å²) in [5.41, 5.74) is 2.29. The number of methoxy groups -OCH3 is 1. The Morgan fingerprint density at radius 3 is 1.91 bits per heavy atom.